The number of ketones is 1. The summed E-state index contributed by atoms with van der Waals surface area (Å²) >= 11 is 0. The zero-order valence-corrected chi connectivity index (χ0v) is 23.3. The molecule has 1 N–H and O–H groups in total. The lowest BCUT2D eigenvalue weighted by atomic mass is 9.44. The van der Waals surface area contributed by atoms with Gasteiger partial charge in [0.2, 0.25) is 0 Å². The molecule has 3 fully saturated rings. The number of carbonyl (C=O) groups excluding carboxylic acids is 2. The van der Waals surface area contributed by atoms with E-state index < -0.39 is 29.0 Å². The van der Waals surface area contributed by atoms with Crippen LogP contribution in [0.3, 0.4) is 0 Å². The van der Waals surface area contributed by atoms with Crippen molar-refractivity contribution in [1.29, 1.82) is 5.26 Å². The molecule has 3 aliphatic carbocycles. The summed E-state index contributed by atoms with van der Waals surface area (Å²) in [6.45, 7) is 12.3. The molecule has 0 aliphatic heterocycles. The van der Waals surface area contributed by atoms with Crippen molar-refractivity contribution in [2.45, 2.75) is 78.6 Å². The predicted octanol–water partition coefficient (Wildman–Crippen LogP) is 4.72. The van der Waals surface area contributed by atoms with Gasteiger partial charge in [-0.05, 0) is 55.1 Å². The second-order valence-electron chi connectivity index (χ2n) is 12.6. The van der Waals surface area contributed by atoms with Gasteiger partial charge < -0.3 is 9.84 Å². The summed E-state index contributed by atoms with van der Waals surface area (Å²) in [6, 6.07) is 9.16. The first-order valence-electron chi connectivity index (χ1n) is 13.9. The van der Waals surface area contributed by atoms with Crippen LogP contribution in [0.2, 0.25) is 0 Å². The number of ether oxygens (including phenoxy) is 1. The average Bonchev–Trinajstić information content (AvgIpc) is 3.54. The number of aliphatic hydroxyl groups is 1. The summed E-state index contributed by atoms with van der Waals surface area (Å²) in [5.74, 6) is -0.416. The number of Topliss-reactive ketones (excluding diaryl/α,β-unsaturated/α-hetero) is 1. The van der Waals surface area contributed by atoms with Gasteiger partial charge in [0.05, 0.1) is 23.9 Å². The summed E-state index contributed by atoms with van der Waals surface area (Å²) in [4.78, 5) is 27.0. The van der Waals surface area contributed by atoms with Gasteiger partial charge in [-0.1, -0.05) is 51.1 Å². The van der Waals surface area contributed by atoms with Crippen molar-refractivity contribution in [3.63, 3.8) is 0 Å². The standard InChI is InChI=1S/C31H38N4O4/c1-6-29(4)15-25(30(5)19(2)10-12-31(20(3)28(29)38)13-11-24(36)27(30)31)39-26(37)18-35-17-23(33-34-35)22-9-7-8-21(14-22)16-32/h6-9,14,17,19-20,25,27-28,38H,1,10-13,15,18H2,2-5H3/t19-,20+,25-,27+,28+,29-,30+,31+/m1/s1. The van der Waals surface area contributed by atoms with Gasteiger partial charge >= 0.3 is 5.97 Å². The third kappa shape index (κ3) is 4.22. The van der Waals surface area contributed by atoms with Crippen molar-refractivity contribution in [1.82, 2.24) is 15.0 Å². The van der Waals surface area contributed by atoms with Crippen LogP contribution in [0.1, 0.15) is 65.4 Å². The molecule has 0 amide bonds. The summed E-state index contributed by atoms with van der Waals surface area (Å²) < 4.78 is 7.73. The molecule has 8 atom stereocenters. The van der Waals surface area contributed by atoms with E-state index in [2.05, 4.69) is 43.7 Å². The lowest BCUT2D eigenvalue weighted by Gasteiger charge is -2.61. The van der Waals surface area contributed by atoms with Crippen LogP contribution in [-0.4, -0.2) is 44.1 Å². The van der Waals surface area contributed by atoms with Crippen molar-refractivity contribution in [2.24, 2.45) is 34.0 Å². The molecule has 1 aromatic heterocycles. The Morgan fingerprint density at radius 1 is 1.33 bits per heavy atom. The fourth-order valence-corrected chi connectivity index (χ4v) is 8.09. The summed E-state index contributed by atoms with van der Waals surface area (Å²) in [6.07, 6.45) is 5.64. The Bertz CT molecular complexity index is 1350. The van der Waals surface area contributed by atoms with Crippen molar-refractivity contribution in [3.8, 4) is 17.3 Å². The Morgan fingerprint density at radius 3 is 2.82 bits per heavy atom. The summed E-state index contributed by atoms with van der Waals surface area (Å²) in [5.41, 5.74) is 0.241. The van der Waals surface area contributed by atoms with E-state index in [0.29, 0.717) is 24.1 Å². The van der Waals surface area contributed by atoms with Crippen LogP contribution >= 0.6 is 0 Å². The molecule has 1 aromatic carbocycles. The van der Waals surface area contributed by atoms with Gasteiger partial charge in [-0.25, -0.2) is 4.68 Å². The maximum absolute atomic E-state index is 13.5. The number of benzene rings is 1. The Hall–Kier alpha value is -3.31. The largest absolute Gasteiger partial charge is 0.460 e. The number of nitrogens with zero attached hydrogens (tertiary/aromatic N) is 4. The van der Waals surface area contributed by atoms with Crippen molar-refractivity contribution in [2.75, 3.05) is 0 Å². The molecule has 2 aromatic rings. The molecular formula is C31H38N4O4. The summed E-state index contributed by atoms with van der Waals surface area (Å²) in [7, 11) is 0. The Kier molecular flexibility index (Phi) is 6.79. The highest BCUT2D eigenvalue weighted by molar-refractivity contribution is 5.85. The maximum atomic E-state index is 13.5. The molecule has 3 saturated carbocycles. The predicted molar refractivity (Wildman–Crippen MR) is 145 cm³/mol. The van der Waals surface area contributed by atoms with Crippen molar-refractivity contribution < 1.29 is 19.4 Å². The number of hydrogen-bond donors (Lipinski definition) is 1. The smallest absolute Gasteiger partial charge is 0.328 e. The average molecular weight is 531 g/mol. The normalized spacial score (nSPS) is 37.7. The molecule has 0 spiro atoms. The van der Waals surface area contributed by atoms with Crippen molar-refractivity contribution >= 4 is 11.8 Å². The molecule has 0 radical (unpaired) electrons. The molecule has 8 heteroatoms. The van der Waals surface area contributed by atoms with E-state index in [0.717, 1.165) is 24.8 Å². The van der Waals surface area contributed by atoms with Gasteiger partial charge in [-0.3, -0.25) is 9.59 Å². The molecule has 206 valence electrons. The van der Waals surface area contributed by atoms with Crippen LogP contribution in [0.25, 0.3) is 11.3 Å². The van der Waals surface area contributed by atoms with E-state index in [1.165, 1.54) is 4.68 Å². The number of rotatable bonds is 5. The molecule has 0 saturated heterocycles. The third-order valence-electron chi connectivity index (χ3n) is 10.7. The van der Waals surface area contributed by atoms with Crippen LogP contribution in [0.5, 0.6) is 0 Å². The second-order valence-corrected chi connectivity index (χ2v) is 12.6. The van der Waals surface area contributed by atoms with Gasteiger partial charge in [-0.2, -0.15) is 5.26 Å². The molecular weight excluding hydrogens is 492 g/mol. The lowest BCUT2D eigenvalue weighted by Crippen LogP contribution is -2.63. The van der Waals surface area contributed by atoms with Gasteiger partial charge in [0.25, 0.3) is 0 Å². The minimum atomic E-state index is -0.704. The van der Waals surface area contributed by atoms with E-state index in [4.69, 9.17) is 4.74 Å². The van der Waals surface area contributed by atoms with Crippen LogP contribution in [-0.2, 0) is 20.9 Å². The van der Waals surface area contributed by atoms with E-state index in [1.54, 1.807) is 30.5 Å². The van der Waals surface area contributed by atoms with Crippen molar-refractivity contribution in [3.05, 3.63) is 48.7 Å². The van der Waals surface area contributed by atoms with Crippen LogP contribution in [0.4, 0.5) is 0 Å². The Balaban J connectivity index is 1.46. The second kappa shape index (κ2) is 9.71. The number of esters is 1. The monoisotopic (exact) mass is 530 g/mol. The zero-order chi connectivity index (χ0) is 28.2. The number of aromatic nitrogens is 3. The minimum Gasteiger partial charge on any atom is -0.460 e. The third-order valence-corrected chi connectivity index (χ3v) is 10.7. The number of hydrogen-bond acceptors (Lipinski definition) is 7. The SMILES string of the molecule is C=C[C@]1(C)C[C@@H](OC(=O)Cn2cc(-c3cccc(C#N)c3)nn2)[C@]2(C)[C@H](C)CC[C@]3(CCC(=O)[C@H]32)[C@@H](C)[C@@H]1O. The Labute approximate surface area is 230 Å². The molecule has 1 heterocycles. The molecule has 2 bridgehead atoms. The van der Waals surface area contributed by atoms with E-state index in [1.807, 2.05) is 13.0 Å². The fraction of sp³-hybridized carbons (Fsp3) is 0.581. The first-order valence-corrected chi connectivity index (χ1v) is 13.9. The first-order chi connectivity index (χ1) is 18.5. The number of aliphatic hydroxyl groups excluding tert-OH is 1. The van der Waals surface area contributed by atoms with Gasteiger partial charge in [0.15, 0.2) is 0 Å². The summed E-state index contributed by atoms with van der Waals surface area (Å²) in [5, 5.41) is 29.1. The quantitative estimate of drug-likeness (QED) is 0.439. The van der Waals surface area contributed by atoms with Gasteiger partial charge in [0.1, 0.15) is 24.1 Å². The fourth-order valence-electron chi connectivity index (χ4n) is 8.09. The number of carbonyl (C=O) groups is 2. The topological polar surface area (TPSA) is 118 Å². The minimum absolute atomic E-state index is 0.0754. The highest BCUT2D eigenvalue weighted by Gasteiger charge is 2.68. The lowest BCUT2D eigenvalue weighted by molar-refractivity contribution is -0.207. The van der Waals surface area contributed by atoms with Crippen LogP contribution in [0.15, 0.2) is 43.1 Å². The molecule has 8 nitrogen and oxygen atoms in total. The van der Waals surface area contributed by atoms with Gasteiger partial charge in [-0.15, -0.1) is 11.7 Å². The first kappa shape index (κ1) is 27.3. The highest BCUT2D eigenvalue weighted by atomic mass is 16.5. The highest BCUT2D eigenvalue weighted by Crippen LogP contribution is 2.68. The number of nitriles is 1. The van der Waals surface area contributed by atoms with Crippen LogP contribution in [0, 0.1) is 45.3 Å². The molecule has 5 rings (SSSR count). The van der Waals surface area contributed by atoms with E-state index in [-0.39, 0.29) is 35.5 Å². The van der Waals surface area contributed by atoms with Crippen LogP contribution < -0.4 is 0 Å². The molecule has 0 unspecified atom stereocenters. The zero-order valence-electron chi connectivity index (χ0n) is 23.3. The Morgan fingerprint density at radius 2 is 2.10 bits per heavy atom. The van der Waals surface area contributed by atoms with E-state index in [9.17, 15) is 20.0 Å². The molecule has 3 aliphatic rings. The maximum Gasteiger partial charge on any atom is 0.328 e. The molecule has 39 heavy (non-hydrogen) atoms. The van der Waals surface area contributed by atoms with Gasteiger partial charge in [0, 0.05) is 28.7 Å². The van der Waals surface area contributed by atoms with E-state index >= 15 is 0 Å².